The Morgan fingerprint density at radius 1 is 1.31 bits per heavy atom. The third-order valence-electron chi connectivity index (χ3n) is 1.79. The van der Waals surface area contributed by atoms with Crippen LogP contribution >= 0.6 is 15.9 Å². The minimum Gasteiger partial charge on any atom is -0.507 e. The van der Waals surface area contributed by atoms with Gasteiger partial charge in [-0.2, -0.15) is 0 Å². The van der Waals surface area contributed by atoms with Crippen molar-refractivity contribution in [3.63, 3.8) is 0 Å². The highest BCUT2D eigenvalue weighted by molar-refractivity contribution is 9.09. The van der Waals surface area contributed by atoms with Crippen LogP contribution in [-0.2, 0) is 0 Å². The van der Waals surface area contributed by atoms with Gasteiger partial charge in [0.1, 0.15) is 17.1 Å². The van der Waals surface area contributed by atoms with Crippen molar-refractivity contribution in [2.75, 3.05) is 5.33 Å². The first-order valence-electron chi connectivity index (χ1n) is 4.40. The molecule has 0 bridgehead atoms. The lowest BCUT2D eigenvalue weighted by Gasteiger charge is -2.02. The molecule has 0 aliphatic heterocycles. The summed E-state index contributed by atoms with van der Waals surface area (Å²) in [7, 11) is 0. The number of carboxylic acids is 1. The second-order valence-corrected chi connectivity index (χ2v) is 3.73. The molecule has 0 aromatic heterocycles. The first-order chi connectivity index (χ1) is 7.56. The van der Waals surface area contributed by atoms with Gasteiger partial charge in [0.25, 0.3) is 0 Å². The number of hydrogen-bond acceptors (Lipinski definition) is 3. The highest BCUT2D eigenvalue weighted by Crippen LogP contribution is 2.26. The van der Waals surface area contributed by atoms with E-state index in [0.717, 1.165) is 12.1 Å². The van der Waals surface area contributed by atoms with Gasteiger partial charge in [-0.1, -0.05) is 27.8 Å². The number of phenols is 2. The molecule has 0 atom stereocenters. The fraction of sp³-hybridized carbons (Fsp3) is 0.182. The molecule has 0 saturated heterocycles. The van der Waals surface area contributed by atoms with E-state index in [1.54, 1.807) is 0 Å². The Hall–Kier alpha value is -1.67. The average molecular weight is 285 g/mol. The Morgan fingerprint density at radius 2 is 2.00 bits per heavy atom. The third kappa shape index (κ3) is 2.91. The Bertz CT molecular complexity index is 471. The summed E-state index contributed by atoms with van der Waals surface area (Å²) in [4.78, 5) is 10.7. The molecule has 4 nitrogen and oxygen atoms in total. The zero-order chi connectivity index (χ0) is 12.1. The largest absolute Gasteiger partial charge is 0.507 e. The fourth-order valence-electron chi connectivity index (χ4n) is 1.05. The van der Waals surface area contributed by atoms with E-state index in [2.05, 4.69) is 27.8 Å². The maximum Gasteiger partial charge on any atom is 0.339 e. The summed E-state index contributed by atoms with van der Waals surface area (Å²) in [5, 5.41) is 28.1. The van der Waals surface area contributed by atoms with Gasteiger partial charge in [-0.05, 0) is 6.07 Å². The third-order valence-corrected chi connectivity index (χ3v) is 2.18. The summed E-state index contributed by atoms with van der Waals surface area (Å²) in [5.41, 5.74) is -0.0860. The monoisotopic (exact) mass is 284 g/mol. The maximum atomic E-state index is 10.7. The molecule has 84 valence electrons. The SMILES string of the molecule is O=C(O)c1cc(C#CCCBr)c(O)cc1O. The van der Waals surface area contributed by atoms with Crippen LogP contribution in [0.15, 0.2) is 12.1 Å². The predicted octanol–water partition coefficient (Wildman–Crippen LogP) is 1.93. The van der Waals surface area contributed by atoms with Crippen molar-refractivity contribution in [1.29, 1.82) is 0 Å². The Kier molecular flexibility index (Phi) is 4.20. The Morgan fingerprint density at radius 3 is 2.56 bits per heavy atom. The lowest BCUT2D eigenvalue weighted by Crippen LogP contribution is -1.97. The standard InChI is InChI=1S/C11H9BrO4/c12-4-2-1-3-7-5-8(11(15)16)10(14)6-9(7)13/h5-6,13-14H,2,4H2,(H,15,16). The number of carboxylic acid groups (broad SMARTS) is 1. The zero-order valence-electron chi connectivity index (χ0n) is 8.20. The molecule has 5 heteroatoms. The first kappa shape index (κ1) is 12.4. The number of rotatable bonds is 2. The summed E-state index contributed by atoms with van der Waals surface area (Å²) in [5.74, 6) is 3.41. The average Bonchev–Trinajstić information content (AvgIpc) is 2.21. The zero-order valence-corrected chi connectivity index (χ0v) is 9.78. The smallest absolute Gasteiger partial charge is 0.339 e. The van der Waals surface area contributed by atoms with Crippen LogP contribution in [0.4, 0.5) is 0 Å². The Labute approximate surface area is 101 Å². The summed E-state index contributed by atoms with van der Waals surface area (Å²) >= 11 is 3.19. The van der Waals surface area contributed by atoms with Crippen LogP contribution in [-0.4, -0.2) is 26.6 Å². The molecule has 0 amide bonds. The molecule has 0 aliphatic carbocycles. The van der Waals surface area contributed by atoms with Crippen LogP contribution < -0.4 is 0 Å². The number of alkyl halides is 1. The molecule has 0 spiro atoms. The van der Waals surface area contributed by atoms with Crippen LogP contribution in [0, 0.1) is 11.8 Å². The van der Waals surface area contributed by atoms with Gasteiger partial charge >= 0.3 is 5.97 Å². The second kappa shape index (κ2) is 5.42. The van der Waals surface area contributed by atoms with E-state index in [0.29, 0.717) is 11.8 Å². The second-order valence-electron chi connectivity index (χ2n) is 2.93. The topological polar surface area (TPSA) is 77.8 Å². The molecule has 1 aromatic rings. The molecule has 3 N–H and O–H groups in total. The summed E-state index contributed by atoms with van der Waals surface area (Å²) in [6.45, 7) is 0. The van der Waals surface area contributed by atoms with E-state index < -0.39 is 11.7 Å². The number of aromatic carboxylic acids is 1. The van der Waals surface area contributed by atoms with Crippen LogP contribution in [0.25, 0.3) is 0 Å². The van der Waals surface area contributed by atoms with Crippen molar-refractivity contribution in [3.05, 3.63) is 23.3 Å². The van der Waals surface area contributed by atoms with Gasteiger partial charge in [0, 0.05) is 17.8 Å². The quantitative estimate of drug-likeness (QED) is 0.573. The van der Waals surface area contributed by atoms with Crippen molar-refractivity contribution in [2.45, 2.75) is 6.42 Å². The first-order valence-corrected chi connectivity index (χ1v) is 5.52. The van der Waals surface area contributed by atoms with Gasteiger partial charge in [-0.15, -0.1) is 0 Å². The number of carbonyl (C=O) groups is 1. The molecule has 0 radical (unpaired) electrons. The molecule has 1 rings (SSSR count). The lowest BCUT2D eigenvalue weighted by atomic mass is 10.1. The van der Waals surface area contributed by atoms with Gasteiger partial charge < -0.3 is 15.3 Å². The van der Waals surface area contributed by atoms with E-state index in [9.17, 15) is 15.0 Å². The Balaban J connectivity index is 3.16. The molecule has 1 aromatic carbocycles. The van der Waals surface area contributed by atoms with Gasteiger partial charge in [-0.3, -0.25) is 0 Å². The van der Waals surface area contributed by atoms with Gasteiger partial charge in [0.2, 0.25) is 0 Å². The van der Waals surface area contributed by atoms with Gasteiger partial charge in [0.05, 0.1) is 5.56 Å². The molecule has 16 heavy (non-hydrogen) atoms. The van der Waals surface area contributed by atoms with E-state index in [1.807, 2.05) is 0 Å². The van der Waals surface area contributed by atoms with Crippen LogP contribution in [0.3, 0.4) is 0 Å². The summed E-state index contributed by atoms with van der Waals surface area (Å²) < 4.78 is 0. The minimum absolute atomic E-state index is 0.191. The summed E-state index contributed by atoms with van der Waals surface area (Å²) in [6.07, 6.45) is 0.586. The van der Waals surface area contributed by atoms with Crippen molar-refractivity contribution < 1.29 is 20.1 Å². The molecule has 0 unspecified atom stereocenters. The van der Waals surface area contributed by atoms with E-state index in [1.165, 1.54) is 0 Å². The summed E-state index contributed by atoms with van der Waals surface area (Å²) in [6, 6.07) is 2.12. The van der Waals surface area contributed by atoms with Crippen molar-refractivity contribution in [3.8, 4) is 23.3 Å². The van der Waals surface area contributed by atoms with Crippen molar-refractivity contribution >= 4 is 21.9 Å². The number of aromatic hydroxyl groups is 2. The van der Waals surface area contributed by atoms with E-state index in [-0.39, 0.29) is 16.9 Å². The molecule has 0 fully saturated rings. The van der Waals surface area contributed by atoms with Crippen molar-refractivity contribution in [2.24, 2.45) is 0 Å². The van der Waals surface area contributed by atoms with E-state index >= 15 is 0 Å². The molecule has 0 saturated carbocycles. The number of hydrogen-bond donors (Lipinski definition) is 3. The van der Waals surface area contributed by atoms with Gasteiger partial charge in [0.15, 0.2) is 0 Å². The van der Waals surface area contributed by atoms with Gasteiger partial charge in [-0.25, -0.2) is 4.79 Å². The lowest BCUT2D eigenvalue weighted by molar-refractivity contribution is 0.0693. The maximum absolute atomic E-state index is 10.7. The number of benzene rings is 1. The van der Waals surface area contributed by atoms with Crippen LogP contribution in [0.1, 0.15) is 22.3 Å². The highest BCUT2D eigenvalue weighted by Gasteiger charge is 2.12. The van der Waals surface area contributed by atoms with E-state index in [4.69, 9.17) is 5.11 Å². The van der Waals surface area contributed by atoms with Crippen LogP contribution in [0.5, 0.6) is 11.5 Å². The van der Waals surface area contributed by atoms with Crippen LogP contribution in [0.2, 0.25) is 0 Å². The molecular weight excluding hydrogens is 276 g/mol. The molecule has 0 heterocycles. The molecule has 0 aliphatic rings. The number of phenolic OH excluding ortho intramolecular Hbond substituents is 1. The molecular formula is C11H9BrO4. The predicted molar refractivity (Wildman–Crippen MR) is 62.0 cm³/mol. The minimum atomic E-state index is -1.26. The number of halogens is 1. The highest BCUT2D eigenvalue weighted by atomic mass is 79.9. The fourth-order valence-corrected chi connectivity index (χ4v) is 1.25. The normalized spacial score (nSPS) is 9.31. The van der Waals surface area contributed by atoms with Crippen molar-refractivity contribution in [1.82, 2.24) is 0 Å².